The second kappa shape index (κ2) is 13.2. The maximum atomic E-state index is 13.8. The molecule has 202 valence electrons. The standard InChI is InChI=1S/C26H32Cl3N3O4S/c1-3-24(26(34)30-19-10-5-4-6-11-19)31(16-18-9-7-8-12-21(18)27)25(33)17-32(37(2,35)36)20-13-14-22(28)23(29)15-20/h7-9,12-15,19,24H,3-6,10-11,16-17H2,1-2H3,(H,30,34)/t24-/m1/s1. The van der Waals surface area contributed by atoms with Gasteiger partial charge in [0.15, 0.2) is 0 Å². The number of hydrogen-bond donors (Lipinski definition) is 1. The number of nitrogens with one attached hydrogen (secondary N) is 1. The van der Waals surface area contributed by atoms with Gasteiger partial charge in [-0.25, -0.2) is 8.42 Å². The van der Waals surface area contributed by atoms with Crippen molar-refractivity contribution in [3.63, 3.8) is 0 Å². The minimum absolute atomic E-state index is 0.0497. The molecule has 0 aliphatic heterocycles. The predicted molar refractivity (Wildman–Crippen MR) is 150 cm³/mol. The summed E-state index contributed by atoms with van der Waals surface area (Å²) in [5.74, 6) is -0.794. The first-order chi connectivity index (χ1) is 17.5. The molecule has 1 aliphatic carbocycles. The molecule has 0 heterocycles. The van der Waals surface area contributed by atoms with Crippen LogP contribution >= 0.6 is 34.8 Å². The van der Waals surface area contributed by atoms with E-state index in [-0.39, 0.29) is 34.2 Å². The maximum Gasteiger partial charge on any atom is 0.244 e. The van der Waals surface area contributed by atoms with E-state index < -0.39 is 28.5 Å². The first kappa shape index (κ1) is 29.6. The Kier molecular flexibility index (Phi) is 10.5. The zero-order valence-electron chi connectivity index (χ0n) is 20.9. The van der Waals surface area contributed by atoms with Crippen LogP contribution in [0.1, 0.15) is 51.0 Å². The molecule has 0 unspecified atom stereocenters. The average Bonchev–Trinajstić information content (AvgIpc) is 2.85. The Balaban J connectivity index is 1.93. The Morgan fingerprint density at radius 3 is 2.27 bits per heavy atom. The summed E-state index contributed by atoms with van der Waals surface area (Å²) in [6, 6.07) is 10.7. The number of benzene rings is 2. The Bertz CT molecular complexity index is 1220. The minimum atomic E-state index is -3.88. The van der Waals surface area contributed by atoms with Crippen molar-refractivity contribution < 1.29 is 18.0 Å². The third-order valence-electron chi connectivity index (χ3n) is 6.51. The van der Waals surface area contributed by atoms with Crippen LogP contribution in [0, 0.1) is 0 Å². The van der Waals surface area contributed by atoms with Gasteiger partial charge in [0.25, 0.3) is 0 Å². The molecule has 1 atom stereocenters. The summed E-state index contributed by atoms with van der Waals surface area (Å²) >= 11 is 18.5. The number of rotatable bonds is 10. The van der Waals surface area contributed by atoms with Gasteiger partial charge in [0.1, 0.15) is 12.6 Å². The van der Waals surface area contributed by atoms with Gasteiger partial charge >= 0.3 is 0 Å². The fourth-order valence-electron chi connectivity index (χ4n) is 4.53. The molecule has 0 radical (unpaired) electrons. The van der Waals surface area contributed by atoms with E-state index in [9.17, 15) is 18.0 Å². The summed E-state index contributed by atoms with van der Waals surface area (Å²) in [5, 5.41) is 3.97. The smallest absolute Gasteiger partial charge is 0.244 e. The Morgan fingerprint density at radius 2 is 1.68 bits per heavy atom. The monoisotopic (exact) mass is 587 g/mol. The van der Waals surface area contributed by atoms with Gasteiger partial charge in [-0.15, -0.1) is 0 Å². The van der Waals surface area contributed by atoms with Crippen LogP contribution < -0.4 is 9.62 Å². The fourth-order valence-corrected chi connectivity index (χ4v) is 5.86. The molecule has 1 fully saturated rings. The fraction of sp³-hybridized carbons (Fsp3) is 0.462. The molecule has 2 amide bonds. The number of carbonyl (C=O) groups excluding carboxylic acids is 2. The molecule has 1 aliphatic rings. The highest BCUT2D eigenvalue weighted by Gasteiger charge is 2.33. The summed E-state index contributed by atoms with van der Waals surface area (Å²) in [6.07, 6.45) is 6.42. The number of sulfonamides is 1. The molecule has 37 heavy (non-hydrogen) atoms. The Morgan fingerprint density at radius 1 is 1.00 bits per heavy atom. The number of halogens is 3. The van der Waals surface area contributed by atoms with Crippen LogP contribution in [0.2, 0.25) is 15.1 Å². The van der Waals surface area contributed by atoms with Gasteiger partial charge in [0.2, 0.25) is 21.8 Å². The van der Waals surface area contributed by atoms with Crippen molar-refractivity contribution in [2.24, 2.45) is 0 Å². The molecule has 7 nitrogen and oxygen atoms in total. The number of hydrogen-bond acceptors (Lipinski definition) is 4. The van der Waals surface area contributed by atoms with Gasteiger partial charge in [0.05, 0.1) is 22.0 Å². The molecule has 1 saturated carbocycles. The molecular formula is C26H32Cl3N3O4S. The lowest BCUT2D eigenvalue weighted by molar-refractivity contribution is -0.140. The quantitative estimate of drug-likeness (QED) is 0.388. The van der Waals surface area contributed by atoms with Crippen LogP contribution in [-0.4, -0.2) is 50.0 Å². The van der Waals surface area contributed by atoms with Gasteiger partial charge in [0, 0.05) is 17.6 Å². The van der Waals surface area contributed by atoms with Crippen LogP contribution in [-0.2, 0) is 26.2 Å². The molecule has 3 rings (SSSR count). The van der Waals surface area contributed by atoms with Crippen molar-refractivity contribution in [1.82, 2.24) is 10.2 Å². The van der Waals surface area contributed by atoms with Crippen molar-refractivity contribution in [2.75, 3.05) is 17.1 Å². The number of amides is 2. The molecule has 0 spiro atoms. The highest BCUT2D eigenvalue weighted by atomic mass is 35.5. The molecule has 2 aromatic rings. The van der Waals surface area contributed by atoms with Crippen LogP contribution in [0.5, 0.6) is 0 Å². The summed E-state index contributed by atoms with van der Waals surface area (Å²) in [5.41, 5.74) is 0.851. The van der Waals surface area contributed by atoms with Gasteiger partial charge in [-0.3, -0.25) is 13.9 Å². The average molecular weight is 589 g/mol. The van der Waals surface area contributed by atoms with Crippen molar-refractivity contribution in [2.45, 2.75) is 64.1 Å². The second-order valence-electron chi connectivity index (χ2n) is 9.25. The van der Waals surface area contributed by atoms with Gasteiger partial charge in [-0.2, -0.15) is 0 Å². The van der Waals surface area contributed by atoms with Crippen LogP contribution in [0.4, 0.5) is 5.69 Å². The highest BCUT2D eigenvalue weighted by molar-refractivity contribution is 7.92. The summed E-state index contributed by atoms with van der Waals surface area (Å²) in [7, 11) is -3.88. The van der Waals surface area contributed by atoms with E-state index in [0.29, 0.717) is 17.0 Å². The van der Waals surface area contributed by atoms with Crippen molar-refractivity contribution in [3.05, 3.63) is 63.1 Å². The van der Waals surface area contributed by atoms with Crippen LogP contribution in [0.3, 0.4) is 0 Å². The van der Waals surface area contributed by atoms with Crippen molar-refractivity contribution >= 4 is 62.3 Å². The van der Waals surface area contributed by atoms with E-state index in [0.717, 1.165) is 42.7 Å². The van der Waals surface area contributed by atoms with E-state index in [2.05, 4.69) is 5.32 Å². The minimum Gasteiger partial charge on any atom is -0.352 e. The number of nitrogens with zero attached hydrogens (tertiary/aromatic N) is 2. The third-order valence-corrected chi connectivity index (χ3v) is 8.75. The Labute approximate surface area is 234 Å². The van der Waals surface area contributed by atoms with Gasteiger partial charge in [-0.05, 0) is 49.1 Å². The topological polar surface area (TPSA) is 86.8 Å². The lowest BCUT2D eigenvalue weighted by Crippen LogP contribution is -2.54. The molecule has 1 N–H and O–H groups in total. The lowest BCUT2D eigenvalue weighted by Gasteiger charge is -2.34. The summed E-state index contributed by atoms with van der Waals surface area (Å²) in [6.45, 7) is 1.35. The van der Waals surface area contributed by atoms with Gasteiger partial charge < -0.3 is 10.2 Å². The highest BCUT2D eigenvalue weighted by Crippen LogP contribution is 2.29. The normalized spacial score (nSPS) is 15.2. The van der Waals surface area contributed by atoms with Gasteiger partial charge in [-0.1, -0.05) is 79.2 Å². The largest absolute Gasteiger partial charge is 0.352 e. The summed E-state index contributed by atoms with van der Waals surface area (Å²) in [4.78, 5) is 28.6. The molecule has 0 aromatic heterocycles. The molecule has 0 saturated heterocycles. The lowest BCUT2D eigenvalue weighted by atomic mass is 9.95. The van der Waals surface area contributed by atoms with Crippen LogP contribution in [0.25, 0.3) is 0 Å². The van der Waals surface area contributed by atoms with E-state index in [1.54, 1.807) is 24.3 Å². The Hall–Kier alpha value is -2.00. The van der Waals surface area contributed by atoms with Crippen LogP contribution in [0.15, 0.2) is 42.5 Å². The SMILES string of the molecule is CC[C@H](C(=O)NC1CCCCC1)N(Cc1ccccc1Cl)C(=O)CN(c1ccc(Cl)c(Cl)c1)S(C)(=O)=O. The summed E-state index contributed by atoms with van der Waals surface area (Å²) < 4.78 is 26.4. The van der Waals surface area contributed by atoms with E-state index in [1.807, 2.05) is 6.92 Å². The molecule has 2 aromatic carbocycles. The predicted octanol–water partition coefficient (Wildman–Crippen LogP) is 5.67. The molecule has 0 bridgehead atoms. The van der Waals surface area contributed by atoms with E-state index in [1.165, 1.54) is 23.1 Å². The third kappa shape index (κ3) is 7.99. The van der Waals surface area contributed by atoms with E-state index >= 15 is 0 Å². The zero-order valence-corrected chi connectivity index (χ0v) is 24.0. The van der Waals surface area contributed by atoms with Crippen molar-refractivity contribution in [1.29, 1.82) is 0 Å². The zero-order chi connectivity index (χ0) is 27.2. The van der Waals surface area contributed by atoms with Crippen molar-refractivity contribution in [3.8, 4) is 0 Å². The number of carbonyl (C=O) groups is 2. The molecular weight excluding hydrogens is 557 g/mol. The second-order valence-corrected chi connectivity index (χ2v) is 12.4. The first-order valence-electron chi connectivity index (χ1n) is 12.3. The first-order valence-corrected chi connectivity index (χ1v) is 15.3. The maximum absolute atomic E-state index is 13.8. The number of anilines is 1. The molecule has 11 heteroatoms. The van der Waals surface area contributed by atoms with E-state index in [4.69, 9.17) is 34.8 Å².